The molecule has 0 unspecified atom stereocenters. The van der Waals surface area contributed by atoms with Gasteiger partial charge in [-0.25, -0.2) is 0 Å². The Hall–Kier alpha value is -1.32. The molecule has 2 aromatic rings. The molecule has 20 heavy (non-hydrogen) atoms. The third-order valence-electron chi connectivity index (χ3n) is 3.67. The normalized spacial score (nSPS) is 13.3. The highest BCUT2D eigenvalue weighted by molar-refractivity contribution is 9.10. The van der Waals surface area contributed by atoms with E-state index in [1.807, 2.05) is 0 Å². The molecule has 2 nitrogen and oxygen atoms in total. The fourth-order valence-electron chi connectivity index (χ4n) is 2.77. The topological polar surface area (TPSA) is 15.3 Å². The Balaban J connectivity index is 1.65. The van der Waals surface area contributed by atoms with E-state index in [2.05, 4.69) is 75.7 Å². The average molecular weight is 331 g/mol. The van der Waals surface area contributed by atoms with E-state index in [4.69, 9.17) is 0 Å². The Bertz CT molecular complexity index is 610. The summed E-state index contributed by atoms with van der Waals surface area (Å²) in [6, 6.07) is 15.3. The molecule has 2 aromatic carbocycles. The van der Waals surface area contributed by atoms with Gasteiger partial charge in [0.15, 0.2) is 0 Å². The first-order valence-corrected chi connectivity index (χ1v) is 7.79. The summed E-state index contributed by atoms with van der Waals surface area (Å²) in [6.07, 6.45) is 1.15. The minimum Gasteiger partial charge on any atom is -0.384 e. The maximum Gasteiger partial charge on any atom is 0.0373 e. The van der Waals surface area contributed by atoms with E-state index in [1.165, 1.54) is 22.4 Å². The number of halogens is 1. The molecule has 0 saturated carbocycles. The highest BCUT2D eigenvalue weighted by atomic mass is 79.9. The largest absolute Gasteiger partial charge is 0.384 e. The summed E-state index contributed by atoms with van der Waals surface area (Å²) in [5.41, 5.74) is 5.50. The van der Waals surface area contributed by atoms with Gasteiger partial charge in [0.05, 0.1) is 0 Å². The lowest BCUT2D eigenvalue weighted by molar-refractivity contribution is 0.319. The summed E-state index contributed by atoms with van der Waals surface area (Å²) in [4.78, 5) is 2.35. The van der Waals surface area contributed by atoms with E-state index >= 15 is 0 Å². The van der Waals surface area contributed by atoms with Crippen molar-refractivity contribution in [2.45, 2.75) is 19.5 Å². The van der Waals surface area contributed by atoms with E-state index in [9.17, 15) is 0 Å². The minimum absolute atomic E-state index is 0.967. The third kappa shape index (κ3) is 3.22. The van der Waals surface area contributed by atoms with Gasteiger partial charge in [0.2, 0.25) is 0 Å². The predicted octanol–water partition coefficient (Wildman–Crippen LogP) is 4.05. The van der Waals surface area contributed by atoms with E-state index in [0.717, 1.165) is 30.5 Å². The van der Waals surface area contributed by atoms with Crippen molar-refractivity contribution in [2.24, 2.45) is 0 Å². The summed E-state index contributed by atoms with van der Waals surface area (Å²) >= 11 is 3.53. The summed E-state index contributed by atoms with van der Waals surface area (Å²) in [7, 11) is 2.17. The van der Waals surface area contributed by atoms with Gasteiger partial charge in [0.25, 0.3) is 0 Å². The second-order valence-electron chi connectivity index (χ2n) is 5.47. The second-order valence-corrected chi connectivity index (χ2v) is 6.39. The van der Waals surface area contributed by atoms with Gasteiger partial charge in [-0.2, -0.15) is 0 Å². The quantitative estimate of drug-likeness (QED) is 0.909. The molecular weight excluding hydrogens is 312 g/mol. The van der Waals surface area contributed by atoms with Crippen LogP contribution in [0, 0.1) is 0 Å². The molecule has 104 valence electrons. The molecule has 1 heterocycles. The van der Waals surface area contributed by atoms with Crippen molar-refractivity contribution >= 4 is 21.6 Å². The van der Waals surface area contributed by atoms with E-state index < -0.39 is 0 Å². The number of nitrogens with zero attached hydrogens (tertiary/aromatic N) is 1. The van der Waals surface area contributed by atoms with Crippen LogP contribution in [-0.2, 0) is 19.5 Å². The Morgan fingerprint density at radius 2 is 1.90 bits per heavy atom. The molecule has 3 heteroatoms. The van der Waals surface area contributed by atoms with Gasteiger partial charge in [-0.05, 0) is 48.4 Å². The maximum absolute atomic E-state index is 3.53. The Labute approximate surface area is 128 Å². The minimum atomic E-state index is 0.967. The first kappa shape index (κ1) is 13.7. The second kappa shape index (κ2) is 5.98. The summed E-state index contributed by atoms with van der Waals surface area (Å²) < 4.78 is 1.15. The Morgan fingerprint density at radius 3 is 2.70 bits per heavy atom. The molecule has 0 amide bonds. The molecule has 0 fully saturated rings. The summed E-state index contributed by atoms with van der Waals surface area (Å²) in [5, 5.41) is 3.41. The number of rotatable bonds is 4. The molecule has 0 bridgehead atoms. The van der Waals surface area contributed by atoms with Crippen LogP contribution in [0.2, 0.25) is 0 Å². The zero-order chi connectivity index (χ0) is 13.9. The highest BCUT2D eigenvalue weighted by Gasteiger charge is 2.10. The van der Waals surface area contributed by atoms with Crippen molar-refractivity contribution in [1.29, 1.82) is 0 Å². The third-order valence-corrected chi connectivity index (χ3v) is 4.17. The lowest BCUT2D eigenvalue weighted by atomic mass is 10.1. The molecule has 0 aromatic heterocycles. The standard InChI is InChI=1S/C17H19BrN2/c1-20(11-13-3-2-4-16(18)10-13)12-14-5-6-17-15(9-14)7-8-19-17/h2-6,9-10,19H,7-8,11-12H2,1H3. The summed E-state index contributed by atoms with van der Waals surface area (Å²) in [5.74, 6) is 0. The smallest absolute Gasteiger partial charge is 0.0373 e. The molecule has 0 spiro atoms. The molecular formula is C17H19BrN2. The zero-order valence-corrected chi connectivity index (χ0v) is 13.3. The highest BCUT2D eigenvalue weighted by Crippen LogP contribution is 2.23. The van der Waals surface area contributed by atoms with Crippen molar-refractivity contribution in [3.05, 3.63) is 63.6 Å². The summed E-state index contributed by atoms with van der Waals surface area (Å²) in [6.45, 7) is 3.03. The first-order chi connectivity index (χ1) is 9.70. The zero-order valence-electron chi connectivity index (χ0n) is 11.7. The van der Waals surface area contributed by atoms with Crippen LogP contribution < -0.4 is 5.32 Å². The molecule has 0 radical (unpaired) electrons. The fraction of sp³-hybridized carbons (Fsp3) is 0.294. The lowest BCUT2D eigenvalue weighted by Gasteiger charge is -2.17. The van der Waals surface area contributed by atoms with Crippen molar-refractivity contribution in [1.82, 2.24) is 4.90 Å². The number of anilines is 1. The van der Waals surface area contributed by atoms with Gasteiger partial charge >= 0.3 is 0 Å². The van der Waals surface area contributed by atoms with Gasteiger partial charge in [-0.15, -0.1) is 0 Å². The van der Waals surface area contributed by atoms with Crippen molar-refractivity contribution in [2.75, 3.05) is 18.9 Å². The van der Waals surface area contributed by atoms with Gasteiger partial charge in [-0.1, -0.05) is 40.2 Å². The monoisotopic (exact) mass is 330 g/mol. The van der Waals surface area contributed by atoms with Crippen molar-refractivity contribution in [3.8, 4) is 0 Å². The van der Waals surface area contributed by atoms with Crippen molar-refractivity contribution in [3.63, 3.8) is 0 Å². The number of fused-ring (bicyclic) bond motifs is 1. The molecule has 1 aliphatic heterocycles. The lowest BCUT2D eigenvalue weighted by Crippen LogP contribution is -2.17. The van der Waals surface area contributed by atoms with E-state index in [1.54, 1.807) is 0 Å². The van der Waals surface area contributed by atoms with Gasteiger partial charge < -0.3 is 5.32 Å². The Kier molecular flexibility index (Phi) is 4.08. The number of hydrogen-bond donors (Lipinski definition) is 1. The maximum atomic E-state index is 3.53. The average Bonchev–Trinajstić information content (AvgIpc) is 2.86. The van der Waals surface area contributed by atoms with Crippen LogP contribution in [0.1, 0.15) is 16.7 Å². The Morgan fingerprint density at radius 1 is 1.10 bits per heavy atom. The molecule has 0 saturated heterocycles. The number of benzene rings is 2. The predicted molar refractivity (Wildman–Crippen MR) is 87.9 cm³/mol. The van der Waals surface area contributed by atoms with Gasteiger partial charge in [-0.3, -0.25) is 4.90 Å². The van der Waals surface area contributed by atoms with Crippen LogP contribution in [0.25, 0.3) is 0 Å². The van der Waals surface area contributed by atoms with Crippen LogP contribution in [0.5, 0.6) is 0 Å². The van der Waals surface area contributed by atoms with Crippen LogP contribution in [0.4, 0.5) is 5.69 Å². The van der Waals surface area contributed by atoms with Gasteiger partial charge in [0.1, 0.15) is 0 Å². The molecule has 3 rings (SSSR count). The van der Waals surface area contributed by atoms with E-state index in [-0.39, 0.29) is 0 Å². The first-order valence-electron chi connectivity index (χ1n) is 6.99. The number of nitrogens with one attached hydrogen (secondary N) is 1. The van der Waals surface area contributed by atoms with Crippen LogP contribution in [0.3, 0.4) is 0 Å². The van der Waals surface area contributed by atoms with E-state index in [0.29, 0.717) is 0 Å². The van der Waals surface area contributed by atoms with Crippen molar-refractivity contribution < 1.29 is 0 Å². The SMILES string of the molecule is CN(Cc1cccc(Br)c1)Cc1ccc2c(c1)CCN2. The molecule has 1 N–H and O–H groups in total. The molecule has 0 atom stereocenters. The molecule has 1 aliphatic rings. The van der Waals surface area contributed by atoms with Crippen LogP contribution in [0.15, 0.2) is 46.9 Å². The molecule has 0 aliphatic carbocycles. The number of hydrogen-bond acceptors (Lipinski definition) is 2. The van der Waals surface area contributed by atoms with Crippen LogP contribution in [-0.4, -0.2) is 18.5 Å². The van der Waals surface area contributed by atoms with Crippen LogP contribution >= 0.6 is 15.9 Å². The fourth-order valence-corrected chi connectivity index (χ4v) is 3.22. The van der Waals surface area contributed by atoms with Gasteiger partial charge in [0, 0.05) is 29.8 Å².